The molecule has 1 aliphatic heterocycles. The number of aryl methyl sites for hydroxylation is 1. The Morgan fingerprint density at radius 1 is 1.08 bits per heavy atom. The van der Waals surface area contributed by atoms with Crippen LogP contribution in [0, 0.1) is 6.92 Å². The summed E-state index contributed by atoms with van der Waals surface area (Å²) in [6.45, 7) is 7.69. The Morgan fingerprint density at radius 2 is 1.82 bits per heavy atom. The number of nitrogens with two attached hydrogens (primary N) is 1. The lowest BCUT2D eigenvalue weighted by atomic mass is 9.98. The summed E-state index contributed by atoms with van der Waals surface area (Å²) in [7, 11) is 0. The third kappa shape index (κ3) is 9.36. The van der Waals surface area contributed by atoms with E-state index in [-0.39, 0.29) is 17.8 Å². The number of amides is 3. The summed E-state index contributed by atoms with van der Waals surface area (Å²) in [4.78, 5) is 34.6. The molecule has 2 aromatic rings. The lowest BCUT2D eigenvalue weighted by Gasteiger charge is -2.23. The van der Waals surface area contributed by atoms with E-state index in [0.29, 0.717) is 12.8 Å². The maximum atomic E-state index is 12.4. The summed E-state index contributed by atoms with van der Waals surface area (Å²) < 4.78 is 0. The van der Waals surface area contributed by atoms with Gasteiger partial charge in [0, 0.05) is 11.7 Å². The van der Waals surface area contributed by atoms with Crippen molar-refractivity contribution in [3.05, 3.63) is 95.0 Å². The van der Waals surface area contributed by atoms with Crippen LogP contribution in [-0.4, -0.2) is 42.2 Å². The Hall–Kier alpha value is -3.62. The van der Waals surface area contributed by atoms with Crippen molar-refractivity contribution in [2.45, 2.75) is 51.4 Å². The molecule has 1 heterocycles. The molecule has 1 aliphatic carbocycles. The van der Waals surface area contributed by atoms with Gasteiger partial charge in [-0.3, -0.25) is 14.4 Å². The van der Waals surface area contributed by atoms with Crippen molar-refractivity contribution in [3.8, 4) is 0 Å². The molecule has 0 saturated heterocycles. The van der Waals surface area contributed by atoms with Crippen molar-refractivity contribution in [2.75, 3.05) is 6.67 Å². The second-order valence-corrected chi connectivity index (χ2v) is 9.55. The molecule has 0 spiro atoms. The summed E-state index contributed by atoms with van der Waals surface area (Å²) in [5.74, 6) is -0.787. The molecule has 2 bridgehead atoms. The lowest BCUT2D eigenvalue weighted by Crippen LogP contribution is -2.52. The molecule has 2 aliphatic rings. The van der Waals surface area contributed by atoms with E-state index in [0.717, 1.165) is 11.1 Å². The first kappa shape index (κ1) is 30.6. The van der Waals surface area contributed by atoms with Crippen LogP contribution < -0.4 is 21.7 Å². The van der Waals surface area contributed by atoms with E-state index in [2.05, 4.69) is 77.5 Å². The van der Waals surface area contributed by atoms with E-state index < -0.39 is 18.0 Å². The second kappa shape index (κ2) is 16.3. The highest BCUT2D eigenvalue weighted by Gasteiger charge is 2.25. The van der Waals surface area contributed by atoms with Crippen LogP contribution in [-0.2, 0) is 14.4 Å². The number of allylic oxidation sites excluding steroid dienone is 4. The van der Waals surface area contributed by atoms with Gasteiger partial charge in [0.2, 0.25) is 18.2 Å². The smallest absolute Gasteiger partial charge is 0.244 e. The number of hydrogen-bond acceptors (Lipinski definition) is 5. The number of carbonyl (C=O) groups excluding carboxylic acids is 3. The predicted molar refractivity (Wildman–Crippen MR) is 158 cm³/mol. The third-order valence-corrected chi connectivity index (χ3v) is 6.72. The molecule has 7 nitrogen and oxygen atoms in total. The number of thioether (sulfide) groups is 1. The third-order valence-electron chi connectivity index (χ3n) is 5.70. The van der Waals surface area contributed by atoms with Crippen molar-refractivity contribution in [1.82, 2.24) is 16.0 Å². The van der Waals surface area contributed by atoms with Crippen LogP contribution in [0.15, 0.2) is 89.4 Å². The van der Waals surface area contributed by atoms with Gasteiger partial charge in [0.1, 0.15) is 6.04 Å². The largest absolute Gasteiger partial charge is 0.343 e. The minimum atomic E-state index is -0.777. The number of benzene rings is 2. The Bertz CT molecular complexity index is 1210. The van der Waals surface area contributed by atoms with E-state index in [4.69, 9.17) is 5.73 Å². The van der Waals surface area contributed by atoms with Crippen molar-refractivity contribution in [2.24, 2.45) is 5.73 Å². The molecule has 0 radical (unpaired) electrons. The highest BCUT2D eigenvalue weighted by atomic mass is 32.2. The van der Waals surface area contributed by atoms with Gasteiger partial charge < -0.3 is 21.7 Å². The summed E-state index contributed by atoms with van der Waals surface area (Å²) >= 11 is 1.65. The van der Waals surface area contributed by atoms with Gasteiger partial charge in [-0.2, -0.15) is 0 Å². The van der Waals surface area contributed by atoms with Crippen LogP contribution in [0.2, 0.25) is 0 Å². The van der Waals surface area contributed by atoms with Crippen molar-refractivity contribution in [1.29, 1.82) is 0 Å². The highest BCUT2D eigenvalue weighted by Crippen LogP contribution is 2.33. The molecule has 0 fully saturated rings. The average Bonchev–Trinajstić information content (AvgIpc) is 3.13. The fourth-order valence-electron chi connectivity index (χ4n) is 3.74. The zero-order chi connectivity index (χ0) is 27.9. The van der Waals surface area contributed by atoms with Crippen molar-refractivity contribution >= 4 is 40.8 Å². The lowest BCUT2D eigenvalue weighted by molar-refractivity contribution is -0.129. The van der Waals surface area contributed by atoms with Crippen molar-refractivity contribution < 1.29 is 14.4 Å². The van der Waals surface area contributed by atoms with Gasteiger partial charge in [-0.05, 0) is 46.7 Å². The molecule has 38 heavy (non-hydrogen) atoms. The second-order valence-electron chi connectivity index (χ2n) is 8.50. The van der Waals surface area contributed by atoms with E-state index in [1.165, 1.54) is 16.3 Å². The Kier molecular flexibility index (Phi) is 13.1. The van der Waals surface area contributed by atoms with Gasteiger partial charge >= 0.3 is 0 Å². The number of hydrogen-bond donors (Lipinski definition) is 4. The number of rotatable bonds is 8. The standard InChI is InChI=1S/C17H22N4O3S.C11H10.C2H6/c1-11(18)16(23)21-15(17(24)20-9-19-10-22)7-13-8-25-14-5-3-2-4-12(13)6-14;1-9-5-4-7-10-6-2-3-8-11(9)10;1-2/h2-6,8,10-11,14-15H,7,9,18H2,1H3,(H,19,22)(H,20,24)(H,21,23);2-8H,1H3;1-2H3. The van der Waals surface area contributed by atoms with Gasteiger partial charge in [-0.25, -0.2) is 0 Å². The van der Waals surface area contributed by atoms with Crippen LogP contribution in [0.25, 0.3) is 10.8 Å². The minimum absolute atomic E-state index is 0.00469. The van der Waals surface area contributed by atoms with Crippen LogP contribution in [0.1, 0.15) is 32.8 Å². The SMILES string of the molecule is CC.CC(N)C(=O)NC(CC1=CSC2C=CC=CC1=C2)C(=O)NCNC=O.Cc1cccc2ccccc12. The van der Waals surface area contributed by atoms with Crippen LogP contribution >= 0.6 is 11.8 Å². The number of carbonyl (C=O) groups is 3. The molecule has 3 unspecified atom stereocenters. The van der Waals surface area contributed by atoms with E-state index in [9.17, 15) is 14.4 Å². The zero-order valence-corrected chi connectivity index (χ0v) is 23.3. The maximum Gasteiger partial charge on any atom is 0.244 e. The summed E-state index contributed by atoms with van der Waals surface area (Å²) in [5.41, 5.74) is 8.94. The summed E-state index contributed by atoms with van der Waals surface area (Å²) in [6, 6.07) is 13.3. The Labute approximate surface area is 229 Å². The van der Waals surface area contributed by atoms with Gasteiger partial charge in [0.25, 0.3) is 0 Å². The number of fused-ring (bicyclic) bond motifs is 2. The first-order valence-electron chi connectivity index (χ1n) is 12.8. The van der Waals surface area contributed by atoms with E-state index in [1.807, 2.05) is 37.5 Å². The van der Waals surface area contributed by atoms with Gasteiger partial charge in [0.15, 0.2) is 0 Å². The molecule has 0 aromatic heterocycles. The normalized spacial score (nSPS) is 16.6. The van der Waals surface area contributed by atoms with Gasteiger partial charge in [-0.15, -0.1) is 11.8 Å². The van der Waals surface area contributed by atoms with E-state index >= 15 is 0 Å². The van der Waals surface area contributed by atoms with Crippen molar-refractivity contribution in [3.63, 3.8) is 0 Å². The first-order chi connectivity index (χ1) is 18.4. The molecular formula is C30H38N4O3S. The van der Waals surface area contributed by atoms with Crippen LogP contribution in [0.5, 0.6) is 0 Å². The zero-order valence-electron chi connectivity index (χ0n) is 22.4. The van der Waals surface area contributed by atoms with Gasteiger partial charge in [0.05, 0.1) is 12.7 Å². The molecule has 2 aromatic carbocycles. The Balaban J connectivity index is 0.000000321. The van der Waals surface area contributed by atoms with E-state index in [1.54, 1.807) is 18.7 Å². The monoisotopic (exact) mass is 534 g/mol. The topological polar surface area (TPSA) is 113 Å². The fourth-order valence-corrected chi connectivity index (χ4v) is 4.70. The molecule has 3 atom stereocenters. The molecule has 5 N–H and O–H groups in total. The maximum absolute atomic E-state index is 12.4. The number of nitrogens with one attached hydrogen (secondary N) is 3. The quantitative estimate of drug-likeness (QED) is 0.230. The average molecular weight is 535 g/mol. The summed E-state index contributed by atoms with van der Waals surface area (Å²) in [5, 5.41) is 12.6. The molecule has 202 valence electrons. The predicted octanol–water partition coefficient (Wildman–Crippen LogP) is 4.25. The molecule has 8 heteroatoms. The fraction of sp³-hybridized carbons (Fsp3) is 0.300. The molecular weight excluding hydrogens is 496 g/mol. The minimum Gasteiger partial charge on any atom is -0.343 e. The summed E-state index contributed by atoms with van der Waals surface area (Å²) in [6.07, 6.45) is 11.0. The van der Waals surface area contributed by atoms with Gasteiger partial charge in [-0.1, -0.05) is 86.7 Å². The Morgan fingerprint density at radius 3 is 2.53 bits per heavy atom. The molecule has 3 amide bonds. The highest BCUT2D eigenvalue weighted by molar-refractivity contribution is 8.03. The molecule has 4 rings (SSSR count). The first-order valence-corrected chi connectivity index (χ1v) is 13.7. The van der Waals surface area contributed by atoms with Crippen LogP contribution in [0.4, 0.5) is 0 Å². The molecule has 0 saturated carbocycles. The van der Waals surface area contributed by atoms with Crippen LogP contribution in [0.3, 0.4) is 0 Å².